The Labute approximate surface area is 66.7 Å². The van der Waals surface area contributed by atoms with Crippen LogP contribution in [0, 0.1) is 6.92 Å². The van der Waals surface area contributed by atoms with Crippen molar-refractivity contribution >= 4 is 0 Å². The van der Waals surface area contributed by atoms with Crippen LogP contribution in [0.4, 0.5) is 0 Å². The van der Waals surface area contributed by atoms with Gasteiger partial charge in [-0.15, -0.1) is 0 Å². The maximum Gasteiger partial charge on any atom is 0.160 e. The van der Waals surface area contributed by atoms with Crippen molar-refractivity contribution in [1.82, 2.24) is 9.78 Å². The number of aryl methyl sites for hydroxylation is 2. The molecule has 3 nitrogen and oxygen atoms in total. The molecular weight excluding hydrogens is 140 g/mol. The smallest absolute Gasteiger partial charge is 0.160 e. The van der Waals surface area contributed by atoms with E-state index in [1.54, 1.807) is 11.6 Å². The minimum Gasteiger partial charge on any atom is -0.504 e. The lowest BCUT2D eigenvalue weighted by atomic mass is 10.1. The summed E-state index contributed by atoms with van der Waals surface area (Å²) >= 11 is 0. The molecule has 0 saturated heterocycles. The highest BCUT2D eigenvalue weighted by Crippen LogP contribution is 2.27. The summed E-state index contributed by atoms with van der Waals surface area (Å²) < 4.78 is 1.73. The maximum absolute atomic E-state index is 9.51. The Kier molecular flexibility index (Phi) is 1.89. The van der Waals surface area contributed by atoms with Gasteiger partial charge in [-0.1, -0.05) is 13.8 Å². The number of rotatable bonds is 1. The van der Waals surface area contributed by atoms with E-state index in [4.69, 9.17) is 0 Å². The normalized spacial score (nSPS) is 11.0. The van der Waals surface area contributed by atoms with Gasteiger partial charge in [0.1, 0.15) is 5.69 Å². The van der Waals surface area contributed by atoms with E-state index in [1.807, 2.05) is 20.9 Å². The third-order valence-electron chi connectivity index (χ3n) is 1.78. The van der Waals surface area contributed by atoms with Crippen molar-refractivity contribution in [2.45, 2.75) is 26.7 Å². The monoisotopic (exact) mass is 154 g/mol. The highest BCUT2D eigenvalue weighted by molar-refractivity contribution is 5.32. The van der Waals surface area contributed by atoms with Gasteiger partial charge in [0.15, 0.2) is 5.75 Å². The summed E-state index contributed by atoms with van der Waals surface area (Å²) in [6, 6.07) is 0. The SMILES string of the molecule is Cc1nn(C)c(C(C)C)c1O. The van der Waals surface area contributed by atoms with E-state index in [9.17, 15) is 5.11 Å². The second kappa shape index (κ2) is 2.57. The van der Waals surface area contributed by atoms with Crippen molar-refractivity contribution in [1.29, 1.82) is 0 Å². The van der Waals surface area contributed by atoms with Crippen LogP contribution in [0.25, 0.3) is 0 Å². The van der Waals surface area contributed by atoms with Crippen LogP contribution in [0.1, 0.15) is 31.2 Å². The molecular formula is C8H14N2O. The zero-order valence-electron chi connectivity index (χ0n) is 7.42. The summed E-state index contributed by atoms with van der Waals surface area (Å²) in [5.41, 5.74) is 1.61. The van der Waals surface area contributed by atoms with E-state index in [-0.39, 0.29) is 0 Å². The molecule has 0 aliphatic heterocycles. The van der Waals surface area contributed by atoms with Gasteiger partial charge >= 0.3 is 0 Å². The third kappa shape index (κ3) is 1.23. The molecule has 1 heterocycles. The van der Waals surface area contributed by atoms with Crippen molar-refractivity contribution < 1.29 is 5.11 Å². The summed E-state index contributed by atoms with van der Waals surface area (Å²) in [5.74, 6) is 0.656. The number of hydrogen-bond acceptors (Lipinski definition) is 2. The Hall–Kier alpha value is -0.990. The summed E-state index contributed by atoms with van der Waals surface area (Å²) in [6.07, 6.45) is 0. The zero-order valence-corrected chi connectivity index (χ0v) is 7.42. The quantitative estimate of drug-likeness (QED) is 0.666. The highest BCUT2D eigenvalue weighted by Gasteiger charge is 2.14. The molecule has 0 amide bonds. The molecule has 62 valence electrons. The molecule has 0 aromatic carbocycles. The number of nitrogens with zero attached hydrogens (tertiary/aromatic N) is 2. The first-order chi connectivity index (χ1) is 5.04. The first kappa shape index (κ1) is 8.11. The summed E-state index contributed by atoms with van der Waals surface area (Å²) in [7, 11) is 1.85. The lowest BCUT2D eigenvalue weighted by Gasteiger charge is -2.04. The van der Waals surface area contributed by atoms with Gasteiger partial charge in [-0.3, -0.25) is 4.68 Å². The van der Waals surface area contributed by atoms with Gasteiger partial charge in [0.05, 0.1) is 5.69 Å². The Morgan fingerprint density at radius 1 is 1.45 bits per heavy atom. The minimum absolute atomic E-state index is 0.321. The van der Waals surface area contributed by atoms with Crippen LogP contribution in [-0.4, -0.2) is 14.9 Å². The molecule has 0 aliphatic carbocycles. The van der Waals surface area contributed by atoms with E-state index >= 15 is 0 Å². The predicted molar refractivity (Wildman–Crippen MR) is 43.7 cm³/mol. The van der Waals surface area contributed by atoms with Gasteiger partial charge in [0.25, 0.3) is 0 Å². The maximum atomic E-state index is 9.51. The number of hydrogen-bond donors (Lipinski definition) is 1. The van der Waals surface area contributed by atoms with Crippen molar-refractivity contribution in [3.63, 3.8) is 0 Å². The topological polar surface area (TPSA) is 38.0 Å². The Bertz CT molecular complexity index is 263. The van der Waals surface area contributed by atoms with Gasteiger partial charge in [0, 0.05) is 7.05 Å². The van der Waals surface area contributed by atoms with Crippen molar-refractivity contribution in [2.24, 2.45) is 7.05 Å². The van der Waals surface area contributed by atoms with Crippen molar-refractivity contribution in [2.75, 3.05) is 0 Å². The first-order valence-corrected chi connectivity index (χ1v) is 3.76. The zero-order chi connectivity index (χ0) is 8.59. The first-order valence-electron chi connectivity index (χ1n) is 3.76. The molecule has 11 heavy (non-hydrogen) atoms. The van der Waals surface area contributed by atoms with Gasteiger partial charge < -0.3 is 5.11 Å². The van der Waals surface area contributed by atoms with Crippen molar-refractivity contribution in [3.8, 4) is 5.75 Å². The minimum atomic E-state index is 0.321. The van der Waals surface area contributed by atoms with Crippen LogP contribution < -0.4 is 0 Å². The van der Waals surface area contributed by atoms with Gasteiger partial charge in [-0.05, 0) is 12.8 Å². The molecule has 1 aromatic rings. The average Bonchev–Trinajstić information content (AvgIpc) is 2.07. The van der Waals surface area contributed by atoms with E-state index in [0.717, 1.165) is 5.69 Å². The fraction of sp³-hybridized carbons (Fsp3) is 0.625. The fourth-order valence-corrected chi connectivity index (χ4v) is 1.31. The largest absolute Gasteiger partial charge is 0.504 e. The molecule has 0 unspecified atom stereocenters. The van der Waals surface area contributed by atoms with Crippen LogP contribution in [0.2, 0.25) is 0 Å². The molecule has 0 atom stereocenters. The summed E-state index contributed by atoms with van der Waals surface area (Å²) in [4.78, 5) is 0. The van der Waals surface area contributed by atoms with E-state index in [0.29, 0.717) is 17.4 Å². The number of aromatic nitrogens is 2. The second-order valence-corrected chi connectivity index (χ2v) is 3.10. The van der Waals surface area contributed by atoms with Crippen LogP contribution in [0.15, 0.2) is 0 Å². The van der Waals surface area contributed by atoms with E-state index < -0.39 is 0 Å². The summed E-state index contributed by atoms with van der Waals surface area (Å²) in [5, 5.41) is 13.6. The molecule has 3 heteroatoms. The molecule has 0 radical (unpaired) electrons. The second-order valence-electron chi connectivity index (χ2n) is 3.10. The molecule has 1 N–H and O–H groups in total. The lowest BCUT2D eigenvalue weighted by Crippen LogP contribution is -1.99. The molecule has 0 saturated carbocycles. The third-order valence-corrected chi connectivity index (χ3v) is 1.78. The molecule has 1 aromatic heterocycles. The Morgan fingerprint density at radius 2 is 2.00 bits per heavy atom. The standard InChI is InChI=1S/C8H14N2O/c1-5(2)7-8(11)6(3)9-10(7)4/h5,11H,1-4H3. The Morgan fingerprint density at radius 3 is 2.18 bits per heavy atom. The van der Waals surface area contributed by atoms with Crippen molar-refractivity contribution in [3.05, 3.63) is 11.4 Å². The summed E-state index contributed by atoms with van der Waals surface area (Å²) in [6.45, 7) is 5.88. The lowest BCUT2D eigenvalue weighted by molar-refractivity contribution is 0.458. The van der Waals surface area contributed by atoms with Crippen LogP contribution in [0.3, 0.4) is 0 Å². The van der Waals surface area contributed by atoms with Gasteiger partial charge in [0.2, 0.25) is 0 Å². The highest BCUT2D eigenvalue weighted by atomic mass is 16.3. The fourth-order valence-electron chi connectivity index (χ4n) is 1.31. The van der Waals surface area contributed by atoms with E-state index in [2.05, 4.69) is 5.10 Å². The predicted octanol–water partition coefficient (Wildman–Crippen LogP) is 1.56. The van der Waals surface area contributed by atoms with Crippen LogP contribution in [0.5, 0.6) is 5.75 Å². The average molecular weight is 154 g/mol. The van der Waals surface area contributed by atoms with Crippen LogP contribution >= 0.6 is 0 Å². The molecule has 0 fully saturated rings. The molecule has 0 spiro atoms. The molecule has 1 rings (SSSR count). The Balaban J connectivity index is 3.22. The van der Waals surface area contributed by atoms with Crippen LogP contribution in [-0.2, 0) is 7.05 Å². The molecule has 0 aliphatic rings. The van der Waals surface area contributed by atoms with Gasteiger partial charge in [-0.2, -0.15) is 5.10 Å². The van der Waals surface area contributed by atoms with E-state index in [1.165, 1.54) is 0 Å². The molecule has 0 bridgehead atoms. The van der Waals surface area contributed by atoms with Gasteiger partial charge in [-0.25, -0.2) is 0 Å². The number of aromatic hydroxyl groups is 1.